The lowest BCUT2D eigenvalue weighted by Gasteiger charge is -2.39. The lowest BCUT2D eigenvalue weighted by Crippen LogP contribution is -2.57. The van der Waals surface area contributed by atoms with E-state index in [4.69, 9.17) is 29.6 Å². The van der Waals surface area contributed by atoms with Gasteiger partial charge >= 0.3 is 6.03 Å². The van der Waals surface area contributed by atoms with Crippen molar-refractivity contribution in [3.05, 3.63) is 48.1 Å². The maximum absolute atomic E-state index is 11.4. The van der Waals surface area contributed by atoms with Gasteiger partial charge in [-0.2, -0.15) is 0 Å². The molecule has 132 valence electrons. The third-order valence-electron chi connectivity index (χ3n) is 3.79. The van der Waals surface area contributed by atoms with Crippen molar-refractivity contribution in [1.29, 1.82) is 0 Å². The number of urea groups is 1. The topological polar surface area (TPSA) is 104 Å². The standard InChI is InChI=1S/C17H18ClN3O3S/c1-10(22)20-13-6-4-3-5-12(13)11-7-8-16(2,24)17(18,9-11)14(25)21-15(19)23/h3-9,24H,1-2H3,(H,20,22)(H3,19,21,23,25). The molecule has 0 aromatic heterocycles. The molecule has 0 aliphatic heterocycles. The molecule has 1 aromatic rings. The first-order valence-electron chi connectivity index (χ1n) is 7.38. The molecule has 5 N–H and O–H groups in total. The lowest BCUT2D eigenvalue weighted by atomic mass is 9.80. The van der Waals surface area contributed by atoms with Crippen molar-refractivity contribution in [1.82, 2.24) is 5.32 Å². The molecule has 8 heteroatoms. The Labute approximate surface area is 155 Å². The summed E-state index contributed by atoms with van der Waals surface area (Å²) in [7, 11) is 0. The number of halogens is 1. The van der Waals surface area contributed by atoms with E-state index in [1.165, 1.54) is 26.0 Å². The van der Waals surface area contributed by atoms with E-state index < -0.39 is 16.5 Å². The number of thiocarbonyl (C=S) groups is 1. The van der Waals surface area contributed by atoms with Gasteiger partial charge in [-0.3, -0.25) is 4.79 Å². The number of hydrogen-bond donors (Lipinski definition) is 4. The minimum Gasteiger partial charge on any atom is -0.383 e. The second-order valence-corrected chi connectivity index (χ2v) is 6.84. The Morgan fingerprint density at radius 1 is 1.32 bits per heavy atom. The van der Waals surface area contributed by atoms with Crippen LogP contribution in [0.2, 0.25) is 0 Å². The van der Waals surface area contributed by atoms with Crippen LogP contribution in [0.15, 0.2) is 42.5 Å². The highest BCUT2D eigenvalue weighted by Gasteiger charge is 2.48. The first-order valence-corrected chi connectivity index (χ1v) is 8.17. The van der Waals surface area contributed by atoms with E-state index in [2.05, 4.69) is 10.6 Å². The summed E-state index contributed by atoms with van der Waals surface area (Å²) in [6.07, 6.45) is 4.69. The van der Waals surface area contributed by atoms with Crippen LogP contribution < -0.4 is 16.4 Å². The molecule has 6 nitrogen and oxygen atoms in total. The molecular formula is C17H18ClN3O3S. The average Bonchev–Trinajstić information content (AvgIpc) is 2.49. The molecule has 25 heavy (non-hydrogen) atoms. The summed E-state index contributed by atoms with van der Waals surface area (Å²) in [4.78, 5) is 20.8. The van der Waals surface area contributed by atoms with E-state index in [9.17, 15) is 14.7 Å². The molecule has 0 bridgehead atoms. The molecule has 1 aromatic carbocycles. The van der Waals surface area contributed by atoms with E-state index in [-0.39, 0.29) is 10.9 Å². The first-order chi connectivity index (χ1) is 11.6. The SMILES string of the molecule is CC(=O)Nc1ccccc1C1=CC(Cl)(C(=S)NC(N)=O)C(C)(O)C=C1. The summed E-state index contributed by atoms with van der Waals surface area (Å²) < 4.78 is 0. The monoisotopic (exact) mass is 379 g/mol. The van der Waals surface area contributed by atoms with Crippen molar-refractivity contribution in [2.75, 3.05) is 5.32 Å². The highest BCUT2D eigenvalue weighted by molar-refractivity contribution is 7.80. The lowest BCUT2D eigenvalue weighted by molar-refractivity contribution is -0.114. The normalized spacial score (nSPS) is 25.0. The summed E-state index contributed by atoms with van der Waals surface area (Å²) >= 11 is 11.8. The summed E-state index contributed by atoms with van der Waals surface area (Å²) in [5.74, 6) is -0.220. The fourth-order valence-electron chi connectivity index (χ4n) is 2.48. The van der Waals surface area contributed by atoms with Gasteiger partial charge in [0.25, 0.3) is 0 Å². The average molecular weight is 380 g/mol. The van der Waals surface area contributed by atoms with Gasteiger partial charge in [-0.1, -0.05) is 42.6 Å². The summed E-state index contributed by atoms with van der Waals surface area (Å²) in [5.41, 5.74) is 5.45. The number of amides is 3. The molecule has 3 amide bonds. The molecule has 1 aliphatic carbocycles. The second kappa shape index (κ2) is 6.95. The molecular weight excluding hydrogens is 362 g/mol. The quantitative estimate of drug-likeness (QED) is 0.478. The van der Waals surface area contributed by atoms with Crippen LogP contribution in [0.5, 0.6) is 0 Å². The molecule has 0 saturated carbocycles. The number of nitrogens with one attached hydrogen (secondary N) is 2. The van der Waals surface area contributed by atoms with Crippen LogP contribution in [0.25, 0.3) is 5.57 Å². The Kier molecular flexibility index (Phi) is 5.31. The number of para-hydroxylation sites is 1. The van der Waals surface area contributed by atoms with Crippen molar-refractivity contribution in [2.45, 2.75) is 24.3 Å². The zero-order valence-electron chi connectivity index (χ0n) is 13.7. The van der Waals surface area contributed by atoms with Crippen LogP contribution in [-0.4, -0.2) is 32.5 Å². The van der Waals surface area contributed by atoms with Gasteiger partial charge in [0.05, 0.1) is 0 Å². The zero-order valence-corrected chi connectivity index (χ0v) is 15.2. The highest BCUT2D eigenvalue weighted by atomic mass is 35.5. The predicted molar refractivity (Wildman–Crippen MR) is 102 cm³/mol. The molecule has 2 unspecified atom stereocenters. The van der Waals surface area contributed by atoms with Gasteiger partial charge in [-0.05, 0) is 24.6 Å². The predicted octanol–water partition coefficient (Wildman–Crippen LogP) is 2.32. The van der Waals surface area contributed by atoms with Gasteiger partial charge in [-0.15, -0.1) is 11.6 Å². The third kappa shape index (κ3) is 3.89. The number of aliphatic hydroxyl groups is 1. The molecule has 0 fully saturated rings. The maximum atomic E-state index is 11.4. The Hall–Kier alpha value is -2.22. The molecule has 2 rings (SSSR count). The highest BCUT2D eigenvalue weighted by Crippen LogP contribution is 2.41. The van der Waals surface area contributed by atoms with Crippen molar-refractivity contribution < 1.29 is 14.7 Å². The summed E-state index contributed by atoms with van der Waals surface area (Å²) in [6, 6.07) is 6.25. The fourth-order valence-corrected chi connectivity index (χ4v) is 3.08. The van der Waals surface area contributed by atoms with Gasteiger partial charge < -0.3 is 21.5 Å². The number of alkyl halides is 1. The van der Waals surface area contributed by atoms with E-state index in [0.29, 0.717) is 16.8 Å². The van der Waals surface area contributed by atoms with E-state index >= 15 is 0 Å². The van der Waals surface area contributed by atoms with Crippen LogP contribution in [0, 0.1) is 0 Å². The van der Waals surface area contributed by atoms with E-state index in [1.807, 2.05) is 0 Å². The van der Waals surface area contributed by atoms with E-state index in [1.54, 1.807) is 30.3 Å². The number of hydrogen-bond acceptors (Lipinski definition) is 4. The zero-order chi connectivity index (χ0) is 18.8. The molecule has 0 saturated heterocycles. The van der Waals surface area contributed by atoms with Crippen LogP contribution in [0.3, 0.4) is 0 Å². The van der Waals surface area contributed by atoms with Crippen molar-refractivity contribution >= 4 is 52.0 Å². The Morgan fingerprint density at radius 2 is 1.96 bits per heavy atom. The van der Waals surface area contributed by atoms with Gasteiger partial charge in [0.15, 0.2) is 0 Å². The summed E-state index contributed by atoms with van der Waals surface area (Å²) in [6.45, 7) is 2.88. The number of carbonyl (C=O) groups excluding carboxylic acids is 2. The number of anilines is 1. The molecule has 2 atom stereocenters. The maximum Gasteiger partial charge on any atom is 0.317 e. The minimum atomic E-state index is -1.59. The van der Waals surface area contributed by atoms with Crippen LogP contribution in [-0.2, 0) is 4.79 Å². The van der Waals surface area contributed by atoms with Crippen LogP contribution >= 0.6 is 23.8 Å². The van der Waals surface area contributed by atoms with Crippen LogP contribution in [0.4, 0.5) is 10.5 Å². The van der Waals surface area contributed by atoms with Gasteiger partial charge in [0, 0.05) is 18.2 Å². The number of allylic oxidation sites excluding steroid dienone is 2. The van der Waals surface area contributed by atoms with Crippen molar-refractivity contribution in [3.8, 4) is 0 Å². The fraction of sp³-hybridized carbons (Fsp3) is 0.235. The van der Waals surface area contributed by atoms with Gasteiger partial charge in [0.2, 0.25) is 5.91 Å². The van der Waals surface area contributed by atoms with Crippen molar-refractivity contribution in [2.24, 2.45) is 5.73 Å². The largest absolute Gasteiger partial charge is 0.383 e. The van der Waals surface area contributed by atoms with Crippen molar-refractivity contribution in [3.63, 3.8) is 0 Å². The first kappa shape index (κ1) is 19.1. The molecule has 0 heterocycles. The minimum absolute atomic E-state index is 0.120. The third-order valence-corrected chi connectivity index (χ3v) is 5.01. The summed E-state index contributed by atoms with van der Waals surface area (Å²) in [5, 5.41) is 15.6. The van der Waals surface area contributed by atoms with Gasteiger partial charge in [0.1, 0.15) is 15.5 Å². The number of nitrogens with two attached hydrogens (primary N) is 1. The Bertz CT molecular complexity index is 804. The smallest absolute Gasteiger partial charge is 0.317 e. The van der Waals surface area contributed by atoms with Gasteiger partial charge in [-0.25, -0.2) is 4.79 Å². The molecule has 0 spiro atoms. The van der Waals surface area contributed by atoms with Crippen LogP contribution in [0.1, 0.15) is 19.4 Å². The number of primary amides is 1. The second-order valence-electron chi connectivity index (χ2n) is 5.84. The van der Waals surface area contributed by atoms with E-state index in [0.717, 1.165) is 0 Å². The molecule has 0 radical (unpaired) electrons. The number of benzene rings is 1. The molecule has 1 aliphatic rings. The number of carbonyl (C=O) groups is 2. The number of rotatable bonds is 3. The Morgan fingerprint density at radius 3 is 2.56 bits per heavy atom. The Balaban J connectivity index is 2.53.